The number of rotatable bonds is 4. The Balaban J connectivity index is 1.73. The van der Waals surface area contributed by atoms with Gasteiger partial charge in [0.2, 0.25) is 5.91 Å². The molecule has 5 heteroatoms. The monoisotopic (exact) mass is 293 g/mol. The summed E-state index contributed by atoms with van der Waals surface area (Å²) < 4.78 is 0. The van der Waals surface area contributed by atoms with Gasteiger partial charge in [-0.2, -0.15) is 0 Å². The number of carboxylic acids is 1. The molecule has 0 radical (unpaired) electrons. The standard InChI is InChI=1S/C15H16ClNO3/c16-12-3-1-11(2-4-12)15(5-6-15)9-17-8-10(14(19)20)7-13(17)18/h1-4,10H,5-9H2,(H,19,20). The van der Waals surface area contributed by atoms with Gasteiger partial charge in [-0.15, -0.1) is 0 Å². The fraction of sp³-hybridized carbons (Fsp3) is 0.467. The number of carbonyl (C=O) groups is 2. The number of halogens is 1. The van der Waals surface area contributed by atoms with Crippen molar-refractivity contribution in [2.75, 3.05) is 13.1 Å². The number of likely N-dealkylation sites (tertiary alicyclic amines) is 1. The smallest absolute Gasteiger partial charge is 0.308 e. The van der Waals surface area contributed by atoms with Crippen LogP contribution < -0.4 is 0 Å². The van der Waals surface area contributed by atoms with Crippen LogP contribution in [0.5, 0.6) is 0 Å². The largest absolute Gasteiger partial charge is 0.481 e. The van der Waals surface area contributed by atoms with Crippen molar-refractivity contribution in [1.82, 2.24) is 4.90 Å². The summed E-state index contributed by atoms with van der Waals surface area (Å²) in [5.74, 6) is -1.47. The van der Waals surface area contributed by atoms with Crippen molar-refractivity contribution in [2.45, 2.75) is 24.7 Å². The van der Waals surface area contributed by atoms with Gasteiger partial charge < -0.3 is 10.0 Å². The lowest BCUT2D eigenvalue weighted by atomic mass is 9.95. The van der Waals surface area contributed by atoms with Crippen LogP contribution in [0, 0.1) is 5.92 Å². The van der Waals surface area contributed by atoms with Crippen molar-refractivity contribution < 1.29 is 14.7 Å². The third kappa shape index (κ3) is 2.40. The molecule has 1 aliphatic carbocycles. The number of carboxylic acid groups (broad SMARTS) is 1. The van der Waals surface area contributed by atoms with Gasteiger partial charge in [-0.05, 0) is 30.5 Å². The minimum absolute atomic E-state index is 0.00758. The average molecular weight is 294 g/mol. The molecule has 2 aliphatic rings. The molecule has 1 saturated heterocycles. The van der Waals surface area contributed by atoms with Gasteiger partial charge in [-0.1, -0.05) is 23.7 Å². The maximum absolute atomic E-state index is 11.9. The van der Waals surface area contributed by atoms with E-state index in [4.69, 9.17) is 16.7 Å². The first-order valence-corrected chi connectivity index (χ1v) is 7.15. The van der Waals surface area contributed by atoms with Gasteiger partial charge in [0.15, 0.2) is 0 Å². The van der Waals surface area contributed by atoms with Crippen LogP contribution >= 0.6 is 11.6 Å². The van der Waals surface area contributed by atoms with Crippen LogP contribution in [-0.2, 0) is 15.0 Å². The number of nitrogens with zero attached hydrogens (tertiary/aromatic N) is 1. The zero-order valence-corrected chi connectivity index (χ0v) is 11.8. The highest BCUT2D eigenvalue weighted by atomic mass is 35.5. The van der Waals surface area contributed by atoms with E-state index in [0.29, 0.717) is 18.1 Å². The molecule has 106 valence electrons. The number of aliphatic carboxylic acids is 1. The van der Waals surface area contributed by atoms with Gasteiger partial charge in [-0.3, -0.25) is 9.59 Å². The lowest BCUT2D eigenvalue weighted by Gasteiger charge is -2.24. The minimum atomic E-state index is -0.878. The van der Waals surface area contributed by atoms with E-state index in [1.54, 1.807) is 4.90 Å². The fourth-order valence-electron chi connectivity index (χ4n) is 2.95. The molecule has 3 rings (SSSR count). The SMILES string of the molecule is O=C(O)C1CC(=O)N(CC2(c3ccc(Cl)cc3)CC2)C1. The fourth-order valence-corrected chi connectivity index (χ4v) is 3.07. The first-order valence-electron chi connectivity index (χ1n) is 6.77. The van der Waals surface area contributed by atoms with Crippen LogP contribution in [0.4, 0.5) is 0 Å². The molecular formula is C15H16ClNO3. The normalized spacial score (nSPS) is 23.9. The Morgan fingerprint density at radius 2 is 2.00 bits per heavy atom. The van der Waals surface area contributed by atoms with Gasteiger partial charge in [-0.25, -0.2) is 0 Å². The van der Waals surface area contributed by atoms with Crippen molar-refractivity contribution >= 4 is 23.5 Å². The molecule has 1 saturated carbocycles. The Bertz CT molecular complexity index is 551. The maximum atomic E-state index is 11.9. The number of hydrogen-bond donors (Lipinski definition) is 1. The summed E-state index contributed by atoms with van der Waals surface area (Å²) in [5.41, 5.74) is 1.20. The highest BCUT2D eigenvalue weighted by Gasteiger charge is 2.48. The van der Waals surface area contributed by atoms with Crippen molar-refractivity contribution in [1.29, 1.82) is 0 Å². The Labute approximate surface area is 122 Å². The van der Waals surface area contributed by atoms with E-state index >= 15 is 0 Å². The summed E-state index contributed by atoms with van der Waals surface area (Å²) in [4.78, 5) is 24.6. The summed E-state index contributed by atoms with van der Waals surface area (Å²) >= 11 is 5.90. The highest BCUT2D eigenvalue weighted by molar-refractivity contribution is 6.30. The predicted octanol–water partition coefficient (Wildman–Crippen LogP) is 2.30. The number of carbonyl (C=O) groups excluding carboxylic acids is 1. The summed E-state index contributed by atoms with van der Waals surface area (Å²) in [6.07, 6.45) is 2.21. The second-order valence-electron chi connectivity index (χ2n) is 5.80. The topological polar surface area (TPSA) is 57.6 Å². The van der Waals surface area contributed by atoms with Crippen LogP contribution in [0.15, 0.2) is 24.3 Å². The molecule has 4 nitrogen and oxygen atoms in total. The predicted molar refractivity (Wildman–Crippen MR) is 74.7 cm³/mol. The zero-order chi connectivity index (χ0) is 14.3. The molecule has 1 aliphatic heterocycles. The van der Waals surface area contributed by atoms with Crippen LogP contribution in [0.1, 0.15) is 24.8 Å². The third-order valence-electron chi connectivity index (χ3n) is 4.37. The third-order valence-corrected chi connectivity index (χ3v) is 4.62. The number of benzene rings is 1. The average Bonchev–Trinajstić information content (AvgIpc) is 3.09. The molecule has 0 aromatic heterocycles. The van der Waals surface area contributed by atoms with Crippen LogP contribution in [0.3, 0.4) is 0 Å². The lowest BCUT2D eigenvalue weighted by molar-refractivity contribution is -0.141. The van der Waals surface area contributed by atoms with Crippen molar-refractivity contribution in [2.24, 2.45) is 5.92 Å². The zero-order valence-electron chi connectivity index (χ0n) is 11.0. The lowest BCUT2D eigenvalue weighted by Crippen LogP contribution is -2.34. The van der Waals surface area contributed by atoms with Crippen molar-refractivity contribution in [3.8, 4) is 0 Å². The van der Waals surface area contributed by atoms with Crippen LogP contribution in [0.2, 0.25) is 5.02 Å². The highest BCUT2D eigenvalue weighted by Crippen LogP contribution is 2.49. The van der Waals surface area contributed by atoms with Gasteiger partial charge in [0, 0.05) is 29.9 Å². The van der Waals surface area contributed by atoms with Crippen molar-refractivity contribution in [3.05, 3.63) is 34.9 Å². The molecule has 1 unspecified atom stereocenters. The Hall–Kier alpha value is -1.55. The quantitative estimate of drug-likeness (QED) is 0.927. The first-order chi connectivity index (χ1) is 9.50. The second-order valence-corrected chi connectivity index (χ2v) is 6.24. The van der Waals surface area contributed by atoms with Gasteiger partial charge in [0.05, 0.1) is 5.92 Å². The van der Waals surface area contributed by atoms with E-state index < -0.39 is 11.9 Å². The molecule has 20 heavy (non-hydrogen) atoms. The van der Waals surface area contributed by atoms with Gasteiger partial charge in [0.25, 0.3) is 0 Å². The first kappa shape index (κ1) is 13.4. The molecule has 1 amide bonds. The van der Waals surface area contributed by atoms with E-state index in [9.17, 15) is 9.59 Å². The Morgan fingerprint density at radius 1 is 1.35 bits per heavy atom. The number of hydrogen-bond acceptors (Lipinski definition) is 2. The Morgan fingerprint density at radius 3 is 2.50 bits per heavy atom. The second kappa shape index (κ2) is 4.77. The molecule has 1 heterocycles. The van der Waals surface area contributed by atoms with E-state index in [2.05, 4.69) is 0 Å². The van der Waals surface area contributed by atoms with Crippen LogP contribution in [-0.4, -0.2) is 35.0 Å². The summed E-state index contributed by atoms with van der Waals surface area (Å²) in [6, 6.07) is 7.74. The maximum Gasteiger partial charge on any atom is 0.308 e. The summed E-state index contributed by atoms with van der Waals surface area (Å²) in [6.45, 7) is 0.959. The van der Waals surface area contributed by atoms with Crippen molar-refractivity contribution in [3.63, 3.8) is 0 Å². The molecule has 2 fully saturated rings. The molecule has 0 spiro atoms. The molecule has 1 aromatic carbocycles. The molecule has 0 bridgehead atoms. The molecule has 1 aromatic rings. The Kier molecular flexibility index (Phi) is 3.21. The van der Waals surface area contributed by atoms with E-state index in [-0.39, 0.29) is 17.7 Å². The molecule has 1 N–H and O–H groups in total. The van der Waals surface area contributed by atoms with E-state index in [0.717, 1.165) is 12.8 Å². The molecule has 1 atom stereocenters. The van der Waals surface area contributed by atoms with Crippen LogP contribution in [0.25, 0.3) is 0 Å². The minimum Gasteiger partial charge on any atom is -0.481 e. The summed E-state index contributed by atoms with van der Waals surface area (Å²) in [5, 5.41) is 9.72. The van der Waals surface area contributed by atoms with E-state index in [1.807, 2.05) is 24.3 Å². The number of amides is 1. The molecular weight excluding hydrogens is 278 g/mol. The summed E-state index contributed by atoms with van der Waals surface area (Å²) in [7, 11) is 0. The van der Waals surface area contributed by atoms with E-state index in [1.165, 1.54) is 5.56 Å². The van der Waals surface area contributed by atoms with Gasteiger partial charge >= 0.3 is 5.97 Å². The van der Waals surface area contributed by atoms with Gasteiger partial charge in [0.1, 0.15) is 0 Å².